The van der Waals surface area contributed by atoms with Gasteiger partial charge in [0.2, 0.25) is 0 Å². The first-order chi connectivity index (χ1) is 9.74. The van der Waals surface area contributed by atoms with Crippen molar-refractivity contribution in [2.45, 2.75) is 25.9 Å². The van der Waals surface area contributed by atoms with E-state index in [1.54, 1.807) is 0 Å². The van der Waals surface area contributed by atoms with Gasteiger partial charge in [-0.3, -0.25) is 5.32 Å². The molecule has 1 atom stereocenters. The van der Waals surface area contributed by atoms with Gasteiger partial charge in [0.1, 0.15) is 6.10 Å². The third kappa shape index (κ3) is 4.76. The van der Waals surface area contributed by atoms with Crippen molar-refractivity contribution >= 4 is 11.8 Å². The van der Waals surface area contributed by atoms with Crippen LogP contribution in [0.3, 0.4) is 0 Å². The van der Waals surface area contributed by atoms with Crippen LogP contribution in [0.15, 0.2) is 60.7 Å². The standard InChI is InChI=1S/C17H19NO2/c1-14(12-13-15-8-4-2-5-9-15)20-17(19)18-16-10-6-3-7-11-16/h2-11,14H,12-13H2,1H3,(H,18,19). The minimum atomic E-state index is -0.406. The Morgan fingerprint density at radius 1 is 1.05 bits per heavy atom. The number of para-hydroxylation sites is 1. The van der Waals surface area contributed by atoms with Crippen molar-refractivity contribution in [1.82, 2.24) is 0 Å². The summed E-state index contributed by atoms with van der Waals surface area (Å²) in [5.74, 6) is 0. The smallest absolute Gasteiger partial charge is 0.411 e. The molecule has 1 amide bonds. The van der Waals surface area contributed by atoms with E-state index in [9.17, 15) is 4.79 Å². The Morgan fingerprint density at radius 3 is 2.30 bits per heavy atom. The summed E-state index contributed by atoms with van der Waals surface area (Å²) in [5.41, 5.74) is 2.00. The topological polar surface area (TPSA) is 38.3 Å². The van der Waals surface area contributed by atoms with Crippen LogP contribution in [0.2, 0.25) is 0 Å². The van der Waals surface area contributed by atoms with Crippen LogP contribution in [0, 0.1) is 0 Å². The average molecular weight is 269 g/mol. The second-order valence-corrected chi connectivity index (χ2v) is 4.73. The van der Waals surface area contributed by atoms with Crippen LogP contribution in [-0.2, 0) is 11.2 Å². The lowest BCUT2D eigenvalue weighted by atomic mass is 10.1. The molecule has 104 valence electrons. The molecule has 3 heteroatoms. The SMILES string of the molecule is CC(CCc1ccccc1)OC(=O)Nc1ccccc1. The van der Waals surface area contributed by atoms with Gasteiger partial charge in [-0.25, -0.2) is 4.79 Å². The van der Waals surface area contributed by atoms with Gasteiger partial charge in [0.15, 0.2) is 0 Å². The molecule has 3 nitrogen and oxygen atoms in total. The number of hydrogen-bond donors (Lipinski definition) is 1. The van der Waals surface area contributed by atoms with E-state index in [-0.39, 0.29) is 6.10 Å². The molecule has 0 radical (unpaired) electrons. The Hall–Kier alpha value is -2.29. The van der Waals surface area contributed by atoms with Gasteiger partial charge in [-0.2, -0.15) is 0 Å². The van der Waals surface area contributed by atoms with Crippen molar-refractivity contribution in [3.8, 4) is 0 Å². The highest BCUT2D eigenvalue weighted by atomic mass is 16.6. The third-order valence-electron chi connectivity index (χ3n) is 3.01. The summed E-state index contributed by atoms with van der Waals surface area (Å²) in [4.78, 5) is 11.7. The third-order valence-corrected chi connectivity index (χ3v) is 3.01. The van der Waals surface area contributed by atoms with Gasteiger partial charge in [-0.15, -0.1) is 0 Å². The minimum absolute atomic E-state index is 0.112. The molecule has 1 unspecified atom stereocenters. The zero-order chi connectivity index (χ0) is 14.2. The number of ether oxygens (including phenoxy) is 1. The Morgan fingerprint density at radius 2 is 1.65 bits per heavy atom. The lowest BCUT2D eigenvalue weighted by Gasteiger charge is -2.14. The summed E-state index contributed by atoms with van der Waals surface area (Å²) in [6.07, 6.45) is 1.20. The molecule has 0 aliphatic rings. The first kappa shape index (κ1) is 14.1. The van der Waals surface area contributed by atoms with E-state index < -0.39 is 6.09 Å². The molecule has 2 rings (SSSR count). The Bertz CT molecular complexity index is 525. The monoisotopic (exact) mass is 269 g/mol. The van der Waals surface area contributed by atoms with Crippen molar-refractivity contribution in [3.63, 3.8) is 0 Å². The van der Waals surface area contributed by atoms with Gasteiger partial charge in [0.25, 0.3) is 0 Å². The molecule has 0 aliphatic heterocycles. The average Bonchev–Trinajstić information content (AvgIpc) is 2.47. The number of hydrogen-bond acceptors (Lipinski definition) is 2. The van der Waals surface area contributed by atoms with Crippen LogP contribution in [-0.4, -0.2) is 12.2 Å². The van der Waals surface area contributed by atoms with E-state index in [1.807, 2.05) is 55.5 Å². The molecule has 0 saturated heterocycles. The quantitative estimate of drug-likeness (QED) is 0.881. The number of carbonyl (C=O) groups excluding carboxylic acids is 1. The predicted octanol–water partition coefficient (Wildman–Crippen LogP) is 4.26. The maximum absolute atomic E-state index is 11.7. The number of nitrogens with one attached hydrogen (secondary N) is 1. The number of carbonyl (C=O) groups is 1. The number of benzene rings is 2. The predicted molar refractivity (Wildman–Crippen MR) is 80.8 cm³/mol. The maximum atomic E-state index is 11.7. The molecule has 2 aromatic carbocycles. The van der Waals surface area contributed by atoms with Gasteiger partial charge in [0, 0.05) is 5.69 Å². The van der Waals surface area contributed by atoms with Crippen molar-refractivity contribution in [1.29, 1.82) is 0 Å². The van der Waals surface area contributed by atoms with Crippen LogP contribution >= 0.6 is 0 Å². The van der Waals surface area contributed by atoms with E-state index in [0.717, 1.165) is 18.5 Å². The first-order valence-corrected chi connectivity index (χ1v) is 6.80. The van der Waals surface area contributed by atoms with E-state index >= 15 is 0 Å². The highest BCUT2D eigenvalue weighted by Gasteiger charge is 2.09. The molecule has 20 heavy (non-hydrogen) atoms. The van der Waals surface area contributed by atoms with E-state index in [0.29, 0.717) is 0 Å². The van der Waals surface area contributed by atoms with Crippen LogP contribution in [0.25, 0.3) is 0 Å². The normalized spacial score (nSPS) is 11.7. The highest BCUT2D eigenvalue weighted by molar-refractivity contribution is 5.84. The summed E-state index contributed by atoms with van der Waals surface area (Å²) < 4.78 is 5.33. The molecular weight excluding hydrogens is 250 g/mol. The van der Waals surface area contributed by atoms with Crippen LogP contribution in [0.1, 0.15) is 18.9 Å². The first-order valence-electron chi connectivity index (χ1n) is 6.80. The lowest BCUT2D eigenvalue weighted by molar-refractivity contribution is 0.116. The number of anilines is 1. The van der Waals surface area contributed by atoms with Crippen LogP contribution < -0.4 is 5.32 Å². The summed E-state index contributed by atoms with van der Waals surface area (Å²) in [5, 5.41) is 2.71. The Labute approximate surface area is 119 Å². The second-order valence-electron chi connectivity index (χ2n) is 4.73. The van der Waals surface area contributed by atoms with Gasteiger partial charge in [-0.1, -0.05) is 48.5 Å². The van der Waals surface area contributed by atoms with E-state index in [1.165, 1.54) is 5.56 Å². The molecule has 0 heterocycles. The molecule has 0 bridgehead atoms. The van der Waals surface area contributed by atoms with Gasteiger partial charge >= 0.3 is 6.09 Å². The molecule has 1 N–H and O–H groups in total. The summed E-state index contributed by atoms with van der Waals surface area (Å²) >= 11 is 0. The van der Waals surface area contributed by atoms with E-state index in [2.05, 4.69) is 17.4 Å². The van der Waals surface area contributed by atoms with Gasteiger partial charge in [0.05, 0.1) is 0 Å². The number of amides is 1. The largest absolute Gasteiger partial charge is 0.446 e. The fraction of sp³-hybridized carbons (Fsp3) is 0.235. The zero-order valence-corrected chi connectivity index (χ0v) is 11.6. The number of aryl methyl sites for hydroxylation is 1. The summed E-state index contributed by atoms with van der Waals surface area (Å²) in [6, 6.07) is 19.5. The van der Waals surface area contributed by atoms with Gasteiger partial charge < -0.3 is 4.74 Å². The van der Waals surface area contributed by atoms with Crippen molar-refractivity contribution in [3.05, 3.63) is 66.2 Å². The molecule has 0 spiro atoms. The second kappa shape index (κ2) is 7.34. The van der Waals surface area contributed by atoms with Crippen molar-refractivity contribution < 1.29 is 9.53 Å². The zero-order valence-electron chi connectivity index (χ0n) is 11.6. The fourth-order valence-electron chi connectivity index (χ4n) is 1.93. The molecule has 0 saturated carbocycles. The summed E-state index contributed by atoms with van der Waals surface area (Å²) in [7, 11) is 0. The Balaban J connectivity index is 1.74. The highest BCUT2D eigenvalue weighted by Crippen LogP contribution is 2.09. The maximum Gasteiger partial charge on any atom is 0.411 e. The van der Waals surface area contributed by atoms with Crippen LogP contribution in [0.5, 0.6) is 0 Å². The molecule has 0 aliphatic carbocycles. The Kier molecular flexibility index (Phi) is 5.18. The van der Waals surface area contributed by atoms with Crippen molar-refractivity contribution in [2.24, 2.45) is 0 Å². The molecule has 0 aromatic heterocycles. The summed E-state index contributed by atoms with van der Waals surface area (Å²) in [6.45, 7) is 1.91. The lowest BCUT2D eigenvalue weighted by Crippen LogP contribution is -2.20. The molecule has 0 fully saturated rings. The fourth-order valence-corrected chi connectivity index (χ4v) is 1.93. The molecule has 2 aromatic rings. The van der Waals surface area contributed by atoms with Gasteiger partial charge in [-0.05, 0) is 37.5 Å². The van der Waals surface area contributed by atoms with Crippen molar-refractivity contribution in [2.75, 3.05) is 5.32 Å². The molecular formula is C17H19NO2. The van der Waals surface area contributed by atoms with E-state index in [4.69, 9.17) is 4.74 Å². The number of rotatable bonds is 5. The minimum Gasteiger partial charge on any atom is -0.446 e. The van der Waals surface area contributed by atoms with Crippen LogP contribution in [0.4, 0.5) is 10.5 Å².